The molecular formula is C41H59N5O4. The van der Waals surface area contributed by atoms with E-state index in [1.54, 1.807) is 13.3 Å². The predicted molar refractivity (Wildman–Crippen MR) is 202 cm³/mol. The van der Waals surface area contributed by atoms with Crippen LogP contribution < -0.4 is 15.4 Å². The smallest absolute Gasteiger partial charge is 0.407 e. The van der Waals surface area contributed by atoms with Crippen molar-refractivity contribution in [2.75, 3.05) is 31.6 Å². The number of likely N-dealkylation sites (tertiary alicyclic amines) is 1. The lowest BCUT2D eigenvalue weighted by Gasteiger charge is -2.55. The van der Waals surface area contributed by atoms with Gasteiger partial charge in [-0.3, -0.25) is 14.7 Å². The number of anilines is 1. The van der Waals surface area contributed by atoms with Gasteiger partial charge in [-0.2, -0.15) is 0 Å². The van der Waals surface area contributed by atoms with Crippen LogP contribution >= 0.6 is 0 Å². The van der Waals surface area contributed by atoms with Gasteiger partial charge in [-0.05, 0) is 137 Å². The summed E-state index contributed by atoms with van der Waals surface area (Å²) in [5.41, 5.74) is 10.9. The van der Waals surface area contributed by atoms with Crippen molar-refractivity contribution in [3.8, 4) is 5.75 Å². The maximum absolute atomic E-state index is 14.2. The molecule has 2 bridgehead atoms. The Hall–Kier alpha value is -3.88. The number of nitrogens with zero attached hydrogens (tertiary/aromatic N) is 4. The Labute approximate surface area is 299 Å². The molecule has 0 atom stereocenters. The second kappa shape index (κ2) is 16.9. The molecule has 0 spiro atoms. The summed E-state index contributed by atoms with van der Waals surface area (Å²) in [5.74, 6) is 2.05. The lowest BCUT2D eigenvalue weighted by Crippen LogP contribution is -2.51. The number of pyridine rings is 1. The largest absolute Gasteiger partial charge is 0.496 e. The molecule has 2 heterocycles. The van der Waals surface area contributed by atoms with E-state index >= 15 is 0 Å². The maximum atomic E-state index is 14.2. The molecular weight excluding hydrogens is 626 g/mol. The monoisotopic (exact) mass is 685 g/mol. The normalized spacial score (nSPS) is 24.2. The van der Waals surface area contributed by atoms with E-state index in [1.165, 1.54) is 48.1 Å². The first-order chi connectivity index (χ1) is 24.1. The molecule has 272 valence electrons. The molecule has 9 nitrogen and oxygen atoms in total. The zero-order chi connectivity index (χ0) is 35.7. The third-order valence-electron chi connectivity index (χ3n) is 11.8. The molecule has 3 N–H and O–H groups in total. The molecule has 0 unspecified atom stereocenters. The van der Waals surface area contributed by atoms with Gasteiger partial charge in [-0.25, -0.2) is 9.78 Å². The Kier molecular flexibility index (Phi) is 12.6. The minimum absolute atomic E-state index is 0.0891. The number of rotatable bonds is 9. The van der Waals surface area contributed by atoms with Gasteiger partial charge in [0.1, 0.15) is 11.6 Å². The van der Waals surface area contributed by atoms with Crippen LogP contribution in [0.25, 0.3) is 5.57 Å². The summed E-state index contributed by atoms with van der Waals surface area (Å²) in [6.45, 7) is 8.45. The van der Waals surface area contributed by atoms with Gasteiger partial charge in [0.25, 0.3) is 0 Å². The molecule has 5 fully saturated rings. The average molecular weight is 686 g/mol. The number of piperidine rings is 1. The minimum atomic E-state index is -0.769. The standard InChI is InChI=1S/C35H48N4O2.C6H11NO2/c1-25(2)38-23-29(22-36)28-12-19-37-32(21-28)39(33(40)27-8-6-5-7-9-27)24-34-13-16-35(17-14-34,18-15-34)30-10-11-31(41-4)26(3)20-30;8-6(9)7-4-2-1-3-5-7/h10-12,19-23,25,27H,5-9,13-18,24,36H2,1-4H3;1-5H2,(H,8,9)/b29-22+,38-23?;. The van der Waals surface area contributed by atoms with E-state index in [9.17, 15) is 9.59 Å². The molecule has 4 aliphatic carbocycles. The van der Waals surface area contributed by atoms with Crippen LogP contribution in [-0.4, -0.2) is 66.0 Å². The fraction of sp³-hybridized carbons (Fsp3) is 0.610. The first-order valence-electron chi connectivity index (χ1n) is 18.9. The molecule has 1 saturated heterocycles. The number of ether oxygens (including phenoxy) is 1. The van der Waals surface area contributed by atoms with Gasteiger partial charge >= 0.3 is 6.09 Å². The van der Waals surface area contributed by atoms with Gasteiger partial charge in [0.05, 0.1) is 7.11 Å². The summed E-state index contributed by atoms with van der Waals surface area (Å²) in [5, 5.41) is 8.46. The highest BCUT2D eigenvalue weighted by atomic mass is 16.5. The van der Waals surface area contributed by atoms with Crippen molar-refractivity contribution in [1.29, 1.82) is 0 Å². The molecule has 0 radical (unpaired) electrons. The number of fused-ring (bicyclic) bond motifs is 3. The fourth-order valence-corrected chi connectivity index (χ4v) is 8.59. The molecule has 1 aliphatic heterocycles. The van der Waals surface area contributed by atoms with Crippen molar-refractivity contribution in [2.24, 2.45) is 22.1 Å². The predicted octanol–water partition coefficient (Wildman–Crippen LogP) is 8.53. The van der Waals surface area contributed by atoms with Crippen LogP contribution in [0.1, 0.15) is 120 Å². The minimum Gasteiger partial charge on any atom is -0.496 e. The molecule has 50 heavy (non-hydrogen) atoms. The van der Waals surface area contributed by atoms with E-state index in [0.29, 0.717) is 0 Å². The number of aryl methyl sites for hydroxylation is 1. The van der Waals surface area contributed by atoms with Crippen molar-refractivity contribution in [3.05, 3.63) is 59.4 Å². The molecule has 7 rings (SSSR count). The second-order valence-electron chi connectivity index (χ2n) is 15.5. The summed E-state index contributed by atoms with van der Waals surface area (Å²) in [7, 11) is 1.74. The van der Waals surface area contributed by atoms with E-state index in [-0.39, 0.29) is 28.7 Å². The zero-order valence-corrected chi connectivity index (χ0v) is 30.8. The number of hydrogen-bond acceptors (Lipinski definition) is 6. The quantitative estimate of drug-likeness (QED) is 0.255. The van der Waals surface area contributed by atoms with Crippen molar-refractivity contribution in [3.63, 3.8) is 0 Å². The molecule has 9 heteroatoms. The number of nitrogens with two attached hydrogens (primary N) is 1. The molecule has 2 aromatic rings. The third-order valence-corrected chi connectivity index (χ3v) is 11.8. The Bertz CT molecular complexity index is 1500. The van der Waals surface area contributed by atoms with Crippen LogP contribution in [0.2, 0.25) is 0 Å². The van der Waals surface area contributed by atoms with Gasteiger partial charge in [0.2, 0.25) is 5.91 Å². The van der Waals surface area contributed by atoms with Crippen LogP contribution in [0.5, 0.6) is 5.75 Å². The van der Waals surface area contributed by atoms with E-state index in [1.807, 2.05) is 38.4 Å². The summed E-state index contributed by atoms with van der Waals surface area (Å²) in [6.07, 6.45) is 20.1. The van der Waals surface area contributed by atoms with Crippen molar-refractivity contribution in [2.45, 2.75) is 122 Å². The number of aliphatic imine (C=N–C) groups is 1. The summed E-state index contributed by atoms with van der Waals surface area (Å²) in [4.78, 5) is 37.3. The highest BCUT2D eigenvalue weighted by molar-refractivity contribution is 6.10. The van der Waals surface area contributed by atoms with Crippen LogP contribution in [0.15, 0.2) is 47.7 Å². The number of hydrogen-bond donors (Lipinski definition) is 2. The van der Waals surface area contributed by atoms with E-state index in [0.717, 1.165) is 100 Å². The van der Waals surface area contributed by atoms with Crippen LogP contribution in [0.3, 0.4) is 0 Å². The van der Waals surface area contributed by atoms with Crippen molar-refractivity contribution >= 4 is 29.6 Å². The van der Waals surface area contributed by atoms with E-state index < -0.39 is 6.09 Å². The topological polar surface area (TPSA) is 121 Å². The van der Waals surface area contributed by atoms with E-state index in [2.05, 4.69) is 35.0 Å². The summed E-state index contributed by atoms with van der Waals surface area (Å²) < 4.78 is 5.53. The first kappa shape index (κ1) is 37.4. The number of carbonyl (C=O) groups excluding carboxylic acids is 1. The summed E-state index contributed by atoms with van der Waals surface area (Å²) in [6, 6.07) is 10.9. The number of allylic oxidation sites excluding steroid dienone is 1. The van der Waals surface area contributed by atoms with E-state index in [4.69, 9.17) is 20.6 Å². The second-order valence-corrected chi connectivity index (χ2v) is 15.5. The maximum Gasteiger partial charge on any atom is 0.407 e. The van der Waals surface area contributed by atoms with Crippen molar-refractivity contribution < 1.29 is 19.4 Å². The third kappa shape index (κ3) is 8.88. The van der Waals surface area contributed by atoms with Gasteiger partial charge in [0.15, 0.2) is 0 Å². The fourth-order valence-electron chi connectivity index (χ4n) is 8.59. The lowest BCUT2D eigenvalue weighted by atomic mass is 9.51. The zero-order valence-electron chi connectivity index (χ0n) is 30.8. The number of amides is 2. The van der Waals surface area contributed by atoms with Gasteiger partial charge in [-0.15, -0.1) is 0 Å². The lowest BCUT2D eigenvalue weighted by molar-refractivity contribution is -0.124. The van der Waals surface area contributed by atoms with Crippen molar-refractivity contribution in [1.82, 2.24) is 9.88 Å². The molecule has 4 saturated carbocycles. The van der Waals surface area contributed by atoms with Crippen LogP contribution in [-0.2, 0) is 10.2 Å². The summed E-state index contributed by atoms with van der Waals surface area (Å²) >= 11 is 0. The number of methoxy groups -OCH3 is 1. The highest BCUT2D eigenvalue weighted by Gasteiger charge is 2.50. The molecule has 1 aromatic carbocycles. The Morgan fingerprint density at radius 2 is 1.68 bits per heavy atom. The van der Waals surface area contributed by atoms with Crippen LogP contribution in [0.4, 0.5) is 10.6 Å². The Morgan fingerprint density at radius 3 is 2.24 bits per heavy atom. The number of aromatic nitrogens is 1. The average Bonchev–Trinajstić information content (AvgIpc) is 3.15. The first-order valence-corrected chi connectivity index (χ1v) is 18.9. The highest BCUT2D eigenvalue weighted by Crippen LogP contribution is 2.58. The Morgan fingerprint density at radius 1 is 1.02 bits per heavy atom. The number of benzene rings is 1. The molecule has 2 amide bonds. The van der Waals surface area contributed by atoms with Gasteiger partial charge in [-0.1, -0.05) is 31.4 Å². The SMILES string of the molecule is COc1ccc(C23CCC(CN(C(=O)C4CCCCC4)c4cc(/C(C=NC(C)C)=C/N)ccn4)(CC2)CC3)cc1C.O=C(O)N1CCCCC1. The number of carboxylic acid groups (broad SMARTS) is 1. The Balaban J connectivity index is 0.000000470. The van der Waals surface area contributed by atoms with Gasteiger partial charge < -0.3 is 20.5 Å². The molecule has 5 aliphatic rings. The number of carbonyl (C=O) groups is 2. The van der Waals surface area contributed by atoms with Crippen LogP contribution in [0, 0.1) is 18.3 Å². The van der Waals surface area contributed by atoms with Gasteiger partial charge in [0, 0.05) is 55.8 Å². The molecule has 1 aromatic heterocycles.